The number of hydrogen-bond acceptors (Lipinski definition) is 4. The number of halogens is 1. The van der Waals surface area contributed by atoms with Crippen LogP contribution in [0.25, 0.3) is 6.08 Å². The van der Waals surface area contributed by atoms with Gasteiger partial charge in [0, 0.05) is 42.6 Å². The highest BCUT2D eigenvalue weighted by molar-refractivity contribution is 7.88. The number of pyridine rings is 1. The molecule has 0 spiro atoms. The summed E-state index contributed by atoms with van der Waals surface area (Å²) in [7, 11) is -3.29. The van der Waals surface area contributed by atoms with Gasteiger partial charge in [-0.05, 0) is 53.8 Å². The van der Waals surface area contributed by atoms with Crippen molar-refractivity contribution in [1.29, 1.82) is 0 Å². The van der Waals surface area contributed by atoms with Gasteiger partial charge in [-0.15, -0.1) is 0 Å². The van der Waals surface area contributed by atoms with Crippen LogP contribution in [0.1, 0.15) is 27.9 Å². The van der Waals surface area contributed by atoms with E-state index in [9.17, 15) is 13.2 Å². The van der Waals surface area contributed by atoms with Crippen molar-refractivity contribution in [1.82, 2.24) is 14.6 Å². The smallest absolute Gasteiger partial charge is 0.246 e. The molecular weight excluding hydrogens is 398 g/mol. The summed E-state index contributed by atoms with van der Waals surface area (Å²) >= 11 is 5.97. The predicted molar refractivity (Wildman–Crippen MR) is 110 cm³/mol. The van der Waals surface area contributed by atoms with Crippen LogP contribution in [0, 0.1) is 6.92 Å². The lowest BCUT2D eigenvalue weighted by Crippen LogP contribution is -2.36. The summed E-state index contributed by atoms with van der Waals surface area (Å²) in [5.74, 6) is -0.0815. The number of fused-ring (bicyclic) bond motifs is 1. The maximum atomic E-state index is 12.6. The zero-order chi connectivity index (χ0) is 20.3. The van der Waals surface area contributed by atoms with Crippen LogP contribution in [-0.4, -0.2) is 37.0 Å². The zero-order valence-electron chi connectivity index (χ0n) is 15.8. The van der Waals surface area contributed by atoms with Gasteiger partial charge in [-0.1, -0.05) is 23.7 Å². The van der Waals surface area contributed by atoms with Crippen LogP contribution in [0.2, 0.25) is 5.02 Å². The SMILES string of the molecule is Cc1ncc2c(c1CNS(C)(=O)=O)CCN(C(=O)C=Cc1cccc(Cl)c1)C2. The molecule has 0 unspecified atom stereocenters. The number of aromatic nitrogens is 1. The first-order valence-corrected chi connectivity index (χ1v) is 11.1. The summed E-state index contributed by atoms with van der Waals surface area (Å²) in [5, 5.41) is 0.623. The first-order valence-electron chi connectivity index (χ1n) is 8.86. The molecule has 1 N–H and O–H groups in total. The van der Waals surface area contributed by atoms with Crippen LogP contribution in [0.4, 0.5) is 0 Å². The third-order valence-electron chi connectivity index (χ3n) is 4.69. The summed E-state index contributed by atoms with van der Waals surface area (Å²) in [6.07, 6.45) is 6.87. The molecule has 1 aliphatic heterocycles. The molecular formula is C20H22ClN3O3S. The lowest BCUT2D eigenvalue weighted by Gasteiger charge is -2.29. The third-order valence-corrected chi connectivity index (χ3v) is 5.59. The molecule has 0 atom stereocenters. The zero-order valence-corrected chi connectivity index (χ0v) is 17.3. The highest BCUT2D eigenvalue weighted by Crippen LogP contribution is 2.24. The van der Waals surface area contributed by atoms with Gasteiger partial charge in [-0.2, -0.15) is 0 Å². The van der Waals surface area contributed by atoms with Crippen molar-refractivity contribution in [2.75, 3.05) is 12.8 Å². The van der Waals surface area contributed by atoms with E-state index in [1.807, 2.05) is 19.1 Å². The monoisotopic (exact) mass is 419 g/mol. The summed E-state index contributed by atoms with van der Waals surface area (Å²) in [5.41, 5.74) is 4.59. The van der Waals surface area contributed by atoms with E-state index in [0.717, 1.165) is 34.2 Å². The molecule has 148 valence electrons. The van der Waals surface area contributed by atoms with Crippen molar-refractivity contribution in [2.45, 2.75) is 26.4 Å². The normalized spacial score (nSPS) is 14.3. The quantitative estimate of drug-likeness (QED) is 0.755. The van der Waals surface area contributed by atoms with Crippen molar-refractivity contribution >= 4 is 33.6 Å². The second-order valence-electron chi connectivity index (χ2n) is 6.82. The maximum absolute atomic E-state index is 12.6. The minimum atomic E-state index is -3.29. The first kappa shape index (κ1) is 20.5. The fourth-order valence-electron chi connectivity index (χ4n) is 3.23. The lowest BCUT2D eigenvalue weighted by molar-refractivity contribution is -0.126. The number of nitrogens with zero attached hydrogens (tertiary/aromatic N) is 2. The Kier molecular flexibility index (Phi) is 6.17. The van der Waals surface area contributed by atoms with E-state index < -0.39 is 10.0 Å². The van der Waals surface area contributed by atoms with E-state index in [2.05, 4.69) is 9.71 Å². The number of amides is 1. The van der Waals surface area contributed by atoms with Crippen LogP contribution in [0.5, 0.6) is 0 Å². The minimum absolute atomic E-state index is 0.0815. The number of benzene rings is 1. The number of nitrogens with one attached hydrogen (secondary N) is 1. The lowest BCUT2D eigenvalue weighted by atomic mass is 9.95. The largest absolute Gasteiger partial charge is 0.334 e. The number of aryl methyl sites for hydroxylation is 1. The molecule has 3 rings (SSSR count). The Morgan fingerprint density at radius 3 is 2.89 bits per heavy atom. The predicted octanol–water partition coefficient (Wildman–Crippen LogP) is 2.69. The third kappa shape index (κ3) is 5.19. The molecule has 1 aromatic heterocycles. The van der Waals surface area contributed by atoms with Gasteiger partial charge in [-0.3, -0.25) is 9.78 Å². The van der Waals surface area contributed by atoms with E-state index in [1.54, 1.807) is 35.4 Å². The highest BCUT2D eigenvalue weighted by Gasteiger charge is 2.23. The van der Waals surface area contributed by atoms with Gasteiger partial charge in [0.05, 0.1) is 6.26 Å². The average Bonchev–Trinajstić information content (AvgIpc) is 2.64. The van der Waals surface area contributed by atoms with Crippen LogP contribution in [0.15, 0.2) is 36.5 Å². The number of sulfonamides is 1. The molecule has 1 aromatic carbocycles. The topological polar surface area (TPSA) is 79.4 Å². The van der Waals surface area contributed by atoms with Crippen LogP contribution in [0.3, 0.4) is 0 Å². The van der Waals surface area contributed by atoms with Gasteiger partial charge in [0.15, 0.2) is 0 Å². The van der Waals surface area contributed by atoms with Gasteiger partial charge in [-0.25, -0.2) is 13.1 Å². The fraction of sp³-hybridized carbons (Fsp3) is 0.300. The molecule has 0 radical (unpaired) electrons. The molecule has 6 nitrogen and oxygen atoms in total. The highest BCUT2D eigenvalue weighted by atomic mass is 35.5. The van der Waals surface area contributed by atoms with Crippen molar-refractivity contribution < 1.29 is 13.2 Å². The summed E-state index contributed by atoms with van der Waals surface area (Å²) in [4.78, 5) is 18.7. The second kappa shape index (κ2) is 8.43. The van der Waals surface area contributed by atoms with Crippen LogP contribution < -0.4 is 4.72 Å². The molecule has 0 saturated carbocycles. The van der Waals surface area contributed by atoms with E-state index >= 15 is 0 Å². The van der Waals surface area contributed by atoms with Crippen molar-refractivity contribution in [2.24, 2.45) is 0 Å². The van der Waals surface area contributed by atoms with E-state index in [1.165, 1.54) is 0 Å². The second-order valence-corrected chi connectivity index (χ2v) is 9.09. The Hall–Kier alpha value is -2.22. The minimum Gasteiger partial charge on any atom is -0.334 e. The molecule has 0 saturated heterocycles. The number of rotatable bonds is 5. The van der Waals surface area contributed by atoms with E-state index in [0.29, 0.717) is 24.5 Å². The van der Waals surface area contributed by atoms with E-state index in [-0.39, 0.29) is 12.5 Å². The van der Waals surface area contributed by atoms with E-state index in [4.69, 9.17) is 11.6 Å². The average molecular weight is 420 g/mol. The standard InChI is InChI=1S/C20H22ClN3O3S/c1-14-19(12-23-28(2,26)27)18-8-9-24(13-16(18)11-22-14)20(25)7-6-15-4-3-5-17(21)10-15/h3-7,10-11,23H,8-9,12-13H2,1-2H3. The Morgan fingerprint density at radius 1 is 1.39 bits per heavy atom. The Labute approximate surface area is 170 Å². The molecule has 1 amide bonds. The molecule has 28 heavy (non-hydrogen) atoms. The van der Waals surface area contributed by atoms with Gasteiger partial charge >= 0.3 is 0 Å². The van der Waals surface area contributed by atoms with Gasteiger partial charge in [0.25, 0.3) is 0 Å². The van der Waals surface area contributed by atoms with Crippen molar-refractivity contribution in [3.63, 3.8) is 0 Å². The molecule has 0 bridgehead atoms. The first-order chi connectivity index (χ1) is 13.2. The number of hydrogen-bond donors (Lipinski definition) is 1. The molecule has 0 aliphatic carbocycles. The summed E-state index contributed by atoms with van der Waals surface area (Å²) in [6.45, 7) is 3.10. The summed E-state index contributed by atoms with van der Waals surface area (Å²) in [6, 6.07) is 7.30. The van der Waals surface area contributed by atoms with Crippen LogP contribution >= 0.6 is 11.6 Å². The molecule has 8 heteroatoms. The van der Waals surface area contributed by atoms with Crippen molar-refractivity contribution in [3.8, 4) is 0 Å². The Balaban J connectivity index is 1.74. The Morgan fingerprint density at radius 2 is 2.18 bits per heavy atom. The fourth-order valence-corrected chi connectivity index (χ4v) is 3.84. The molecule has 0 fully saturated rings. The molecule has 1 aliphatic rings. The summed E-state index contributed by atoms with van der Waals surface area (Å²) < 4.78 is 25.4. The maximum Gasteiger partial charge on any atom is 0.246 e. The van der Waals surface area contributed by atoms with Gasteiger partial charge in [0.1, 0.15) is 0 Å². The van der Waals surface area contributed by atoms with Crippen molar-refractivity contribution in [3.05, 3.63) is 69.5 Å². The number of carbonyl (C=O) groups excluding carboxylic acids is 1. The molecule has 2 aromatic rings. The molecule has 2 heterocycles. The Bertz CT molecular complexity index is 1030. The van der Waals surface area contributed by atoms with Gasteiger partial charge in [0.2, 0.25) is 15.9 Å². The number of carbonyl (C=O) groups is 1. The van der Waals surface area contributed by atoms with Crippen LogP contribution in [-0.2, 0) is 34.3 Å². The van der Waals surface area contributed by atoms with Gasteiger partial charge < -0.3 is 4.90 Å².